The summed E-state index contributed by atoms with van der Waals surface area (Å²) < 4.78 is 1.87. The number of hydrogen-bond donors (Lipinski definition) is 0. The molecule has 2 aliphatic rings. The molecule has 1 aromatic carbocycles. The summed E-state index contributed by atoms with van der Waals surface area (Å²) in [6, 6.07) is 7.54. The second-order valence-corrected chi connectivity index (χ2v) is 9.81. The molecule has 2 amide bonds. The quantitative estimate of drug-likeness (QED) is 0.693. The molecule has 3 heterocycles. The Kier molecular flexibility index (Phi) is 6.89. The Balaban J connectivity index is 1.35. The lowest BCUT2D eigenvalue weighted by Gasteiger charge is -2.36. The van der Waals surface area contributed by atoms with Crippen LogP contribution in [0.3, 0.4) is 0 Å². The monoisotopic (exact) mass is 456 g/mol. The fraction of sp³-hybridized carbons (Fsp3) is 0.560. The second-order valence-electron chi connectivity index (χ2n) is 9.38. The summed E-state index contributed by atoms with van der Waals surface area (Å²) in [6.07, 6.45) is 4.07. The average Bonchev–Trinajstić information content (AvgIpc) is 3.08. The molecule has 0 atom stereocenters. The predicted molar refractivity (Wildman–Crippen MR) is 126 cm³/mol. The standard InChI is InChI=1S/C25H33ClN4O2/c1-17-8-12-29(13-9-17)25(32)20-10-14-28(15-11-20)24(31)16-23-18(2)27-30(19(23)3)22-6-4-21(26)5-7-22/h4-7,17,20H,8-16H2,1-3H3. The Labute approximate surface area is 195 Å². The fourth-order valence-electron chi connectivity index (χ4n) is 4.89. The molecule has 2 aromatic rings. The molecular weight excluding hydrogens is 424 g/mol. The number of amides is 2. The Morgan fingerprint density at radius 1 is 0.969 bits per heavy atom. The second kappa shape index (κ2) is 9.65. The maximum Gasteiger partial charge on any atom is 0.227 e. The molecule has 2 fully saturated rings. The first-order valence-electron chi connectivity index (χ1n) is 11.7. The average molecular weight is 457 g/mol. The van der Waals surface area contributed by atoms with E-state index in [9.17, 15) is 9.59 Å². The lowest BCUT2D eigenvalue weighted by atomic mass is 9.92. The van der Waals surface area contributed by atoms with E-state index >= 15 is 0 Å². The van der Waals surface area contributed by atoms with Gasteiger partial charge in [0.15, 0.2) is 0 Å². The van der Waals surface area contributed by atoms with Gasteiger partial charge in [0.2, 0.25) is 11.8 Å². The number of aryl methyl sites for hydroxylation is 1. The Morgan fingerprint density at radius 3 is 2.19 bits per heavy atom. The predicted octanol–water partition coefficient (Wildman–Crippen LogP) is 4.18. The molecular formula is C25H33ClN4O2. The summed E-state index contributed by atoms with van der Waals surface area (Å²) in [7, 11) is 0. The normalized spacial score (nSPS) is 18.2. The van der Waals surface area contributed by atoms with Crippen molar-refractivity contribution in [3.8, 4) is 5.69 Å². The van der Waals surface area contributed by atoms with E-state index in [1.807, 2.05) is 52.6 Å². The molecule has 6 nitrogen and oxygen atoms in total. The van der Waals surface area contributed by atoms with E-state index in [1.165, 1.54) is 0 Å². The highest BCUT2D eigenvalue weighted by atomic mass is 35.5. The Hall–Kier alpha value is -2.34. The first-order chi connectivity index (χ1) is 15.3. The van der Waals surface area contributed by atoms with E-state index in [4.69, 9.17) is 11.6 Å². The van der Waals surface area contributed by atoms with Crippen LogP contribution in [0.25, 0.3) is 5.69 Å². The maximum atomic E-state index is 13.1. The van der Waals surface area contributed by atoms with Gasteiger partial charge in [0.25, 0.3) is 0 Å². The number of nitrogens with zero attached hydrogens (tertiary/aromatic N) is 4. The summed E-state index contributed by atoms with van der Waals surface area (Å²) in [6.45, 7) is 9.29. The van der Waals surface area contributed by atoms with Gasteiger partial charge < -0.3 is 9.80 Å². The molecule has 7 heteroatoms. The zero-order chi connectivity index (χ0) is 22.8. The molecule has 0 aliphatic carbocycles. The van der Waals surface area contributed by atoms with E-state index in [2.05, 4.69) is 12.0 Å². The zero-order valence-electron chi connectivity index (χ0n) is 19.3. The number of benzene rings is 1. The molecule has 0 radical (unpaired) electrons. The van der Waals surface area contributed by atoms with Crippen LogP contribution in [-0.4, -0.2) is 57.6 Å². The van der Waals surface area contributed by atoms with Gasteiger partial charge in [-0.1, -0.05) is 18.5 Å². The number of aromatic nitrogens is 2. The number of rotatable bonds is 4. The molecule has 172 valence electrons. The van der Waals surface area contributed by atoms with Crippen LogP contribution in [-0.2, 0) is 16.0 Å². The Bertz CT molecular complexity index is 969. The maximum absolute atomic E-state index is 13.1. The molecule has 32 heavy (non-hydrogen) atoms. The third-order valence-electron chi connectivity index (χ3n) is 7.13. The van der Waals surface area contributed by atoms with Gasteiger partial charge in [-0.15, -0.1) is 0 Å². The molecule has 0 unspecified atom stereocenters. The van der Waals surface area contributed by atoms with E-state index < -0.39 is 0 Å². The minimum Gasteiger partial charge on any atom is -0.342 e. The van der Waals surface area contributed by atoms with Gasteiger partial charge in [-0.2, -0.15) is 5.10 Å². The smallest absolute Gasteiger partial charge is 0.227 e. The van der Waals surface area contributed by atoms with Crippen LogP contribution in [0.4, 0.5) is 0 Å². The summed E-state index contributed by atoms with van der Waals surface area (Å²) in [5.74, 6) is 1.18. The van der Waals surface area contributed by atoms with Crippen molar-refractivity contribution in [1.82, 2.24) is 19.6 Å². The summed E-state index contributed by atoms with van der Waals surface area (Å²) in [5.41, 5.74) is 3.75. The van der Waals surface area contributed by atoms with Crippen molar-refractivity contribution in [3.63, 3.8) is 0 Å². The molecule has 4 rings (SSSR count). The van der Waals surface area contributed by atoms with Crippen LogP contribution in [0.2, 0.25) is 5.02 Å². The van der Waals surface area contributed by atoms with Crippen molar-refractivity contribution >= 4 is 23.4 Å². The van der Waals surface area contributed by atoms with E-state index in [0.717, 1.165) is 67.3 Å². The number of piperidine rings is 2. The van der Waals surface area contributed by atoms with Crippen molar-refractivity contribution in [2.75, 3.05) is 26.2 Å². The number of likely N-dealkylation sites (tertiary alicyclic amines) is 2. The summed E-state index contributed by atoms with van der Waals surface area (Å²) in [5, 5.41) is 5.34. The molecule has 1 aromatic heterocycles. The lowest BCUT2D eigenvalue weighted by Crippen LogP contribution is -2.46. The largest absolute Gasteiger partial charge is 0.342 e. The minimum absolute atomic E-state index is 0.0589. The minimum atomic E-state index is 0.0589. The van der Waals surface area contributed by atoms with Crippen LogP contribution >= 0.6 is 11.6 Å². The van der Waals surface area contributed by atoms with E-state index in [1.54, 1.807) is 0 Å². The third kappa shape index (κ3) is 4.85. The number of halogens is 1. The summed E-state index contributed by atoms with van der Waals surface area (Å²) in [4.78, 5) is 29.9. The fourth-order valence-corrected chi connectivity index (χ4v) is 5.02. The van der Waals surface area contributed by atoms with Crippen LogP contribution in [0.5, 0.6) is 0 Å². The van der Waals surface area contributed by atoms with Gasteiger partial charge in [0.05, 0.1) is 17.8 Å². The molecule has 2 aliphatic heterocycles. The number of hydrogen-bond acceptors (Lipinski definition) is 3. The zero-order valence-corrected chi connectivity index (χ0v) is 20.1. The SMILES string of the molecule is Cc1nn(-c2ccc(Cl)cc2)c(C)c1CC(=O)N1CCC(C(=O)N2CCC(C)CC2)CC1. The highest BCUT2D eigenvalue weighted by Gasteiger charge is 2.32. The van der Waals surface area contributed by atoms with Crippen molar-refractivity contribution in [2.45, 2.75) is 52.9 Å². The lowest BCUT2D eigenvalue weighted by molar-refractivity contribution is -0.141. The van der Waals surface area contributed by atoms with Crippen molar-refractivity contribution in [3.05, 3.63) is 46.2 Å². The highest BCUT2D eigenvalue weighted by molar-refractivity contribution is 6.30. The van der Waals surface area contributed by atoms with Gasteiger partial charge in [0.1, 0.15) is 0 Å². The van der Waals surface area contributed by atoms with E-state index in [-0.39, 0.29) is 11.8 Å². The molecule has 0 bridgehead atoms. The van der Waals surface area contributed by atoms with Gasteiger partial charge in [-0.25, -0.2) is 4.68 Å². The van der Waals surface area contributed by atoms with Gasteiger partial charge >= 0.3 is 0 Å². The van der Waals surface area contributed by atoms with Gasteiger partial charge in [-0.05, 0) is 69.7 Å². The van der Waals surface area contributed by atoms with Crippen molar-refractivity contribution in [1.29, 1.82) is 0 Å². The van der Waals surface area contributed by atoms with Crippen LogP contribution in [0, 0.1) is 25.7 Å². The first-order valence-corrected chi connectivity index (χ1v) is 12.1. The molecule has 0 saturated carbocycles. The molecule has 2 saturated heterocycles. The molecule has 0 spiro atoms. The van der Waals surface area contributed by atoms with Crippen molar-refractivity contribution in [2.24, 2.45) is 11.8 Å². The third-order valence-corrected chi connectivity index (χ3v) is 7.38. The molecule has 0 N–H and O–H groups in total. The number of carbonyl (C=O) groups excluding carboxylic acids is 2. The first kappa shape index (κ1) is 22.8. The summed E-state index contributed by atoms with van der Waals surface area (Å²) >= 11 is 6.01. The van der Waals surface area contributed by atoms with Crippen LogP contribution in [0.1, 0.15) is 49.6 Å². The van der Waals surface area contributed by atoms with Gasteiger partial charge in [0, 0.05) is 48.4 Å². The Morgan fingerprint density at radius 2 is 1.56 bits per heavy atom. The highest BCUT2D eigenvalue weighted by Crippen LogP contribution is 2.25. The topological polar surface area (TPSA) is 58.4 Å². The van der Waals surface area contributed by atoms with Gasteiger partial charge in [-0.3, -0.25) is 9.59 Å². The van der Waals surface area contributed by atoms with E-state index in [0.29, 0.717) is 30.4 Å². The van der Waals surface area contributed by atoms with Crippen LogP contribution < -0.4 is 0 Å². The van der Waals surface area contributed by atoms with Crippen molar-refractivity contribution < 1.29 is 9.59 Å². The van der Waals surface area contributed by atoms with Crippen LogP contribution in [0.15, 0.2) is 24.3 Å². The number of carbonyl (C=O) groups is 2.